The molecule has 5 aromatic rings. The number of benzene rings is 3. The van der Waals surface area contributed by atoms with Crippen LogP contribution >= 0.6 is 0 Å². The Morgan fingerprint density at radius 3 is 2.10 bits per heavy atom. The van der Waals surface area contributed by atoms with E-state index in [0.29, 0.717) is 17.0 Å². The van der Waals surface area contributed by atoms with Gasteiger partial charge in [-0.05, 0) is 42.2 Å². The number of hydrogen-bond donors (Lipinski definition) is 2. The Hall–Kier alpha value is -4.27. The third-order valence-corrected chi connectivity index (χ3v) is 8.54. The van der Waals surface area contributed by atoms with E-state index in [1.54, 1.807) is 13.4 Å². The minimum atomic E-state index is -1.09. The van der Waals surface area contributed by atoms with Gasteiger partial charge in [-0.1, -0.05) is 86.6 Å². The van der Waals surface area contributed by atoms with E-state index in [1.165, 1.54) is 6.33 Å². The highest BCUT2D eigenvalue weighted by Gasteiger charge is 2.51. The number of anilines is 1. The van der Waals surface area contributed by atoms with E-state index in [1.807, 2.05) is 66.9 Å². The Morgan fingerprint density at radius 2 is 1.54 bits per heavy atom. The fourth-order valence-corrected chi connectivity index (χ4v) is 6.05. The van der Waals surface area contributed by atoms with Gasteiger partial charge in [0.25, 0.3) is 0 Å². The molecule has 0 saturated carbocycles. The molecule has 210 valence electrons. The molecule has 8 nitrogen and oxygen atoms in total. The van der Waals surface area contributed by atoms with E-state index in [-0.39, 0.29) is 12.0 Å². The molecule has 2 N–H and O–H groups in total. The van der Waals surface area contributed by atoms with Crippen molar-refractivity contribution >= 4 is 17.0 Å². The highest BCUT2D eigenvalue weighted by molar-refractivity contribution is 5.84. The number of aliphatic hydroxyl groups is 1. The molecule has 1 aliphatic rings. The zero-order valence-corrected chi connectivity index (χ0v) is 23.7. The number of ether oxygens (including phenoxy) is 2. The number of imidazole rings is 1. The molecule has 2 aromatic heterocycles. The van der Waals surface area contributed by atoms with E-state index < -0.39 is 17.4 Å². The van der Waals surface area contributed by atoms with Gasteiger partial charge in [-0.25, -0.2) is 15.0 Å². The van der Waals surface area contributed by atoms with E-state index in [0.717, 1.165) is 28.9 Å². The summed E-state index contributed by atoms with van der Waals surface area (Å²) in [5.74, 6) is 1.29. The third kappa shape index (κ3) is 4.44. The van der Waals surface area contributed by atoms with Crippen molar-refractivity contribution in [2.24, 2.45) is 5.92 Å². The maximum atomic E-state index is 11.5. The van der Waals surface area contributed by atoms with Gasteiger partial charge in [0.15, 0.2) is 23.2 Å². The van der Waals surface area contributed by atoms with Crippen LogP contribution in [0, 0.1) is 5.92 Å². The van der Waals surface area contributed by atoms with Crippen LogP contribution in [-0.4, -0.2) is 43.4 Å². The summed E-state index contributed by atoms with van der Waals surface area (Å²) < 4.78 is 13.6. The summed E-state index contributed by atoms with van der Waals surface area (Å²) in [4.78, 5) is 14.1. The zero-order chi connectivity index (χ0) is 28.6. The van der Waals surface area contributed by atoms with Gasteiger partial charge in [0.05, 0.1) is 19.5 Å². The van der Waals surface area contributed by atoms with Gasteiger partial charge < -0.3 is 19.9 Å². The Morgan fingerprint density at radius 1 is 0.927 bits per heavy atom. The number of methoxy groups -OCH3 is 1. The van der Waals surface area contributed by atoms with Gasteiger partial charge in [0.2, 0.25) is 0 Å². The molecule has 8 heteroatoms. The first-order chi connectivity index (χ1) is 19.9. The van der Waals surface area contributed by atoms with Crippen molar-refractivity contribution in [3.05, 3.63) is 114 Å². The van der Waals surface area contributed by atoms with Crippen LogP contribution in [0.15, 0.2) is 97.6 Å². The standard InChI is InChI=1S/C33H35N5O3/c1-5-27-22(2)32(3,39)31(41-27)38-21-36-28-29(34-20-35-30(28)38)37-33(23-12-8-6-9-13-23,24-14-10-7-11-15-24)25-16-18-26(40-4)19-17-25/h6-22,27,31,39H,5H2,1-4H3,(H,34,35,37)/t22-,27-,31-,32-/m1/s1. The fraction of sp³-hybridized carbons (Fsp3) is 0.303. The Bertz CT molecular complexity index is 1580. The van der Waals surface area contributed by atoms with Crippen molar-refractivity contribution in [1.82, 2.24) is 19.5 Å². The smallest absolute Gasteiger partial charge is 0.167 e. The summed E-state index contributed by atoms with van der Waals surface area (Å²) in [5, 5.41) is 15.3. The maximum absolute atomic E-state index is 11.5. The van der Waals surface area contributed by atoms with Gasteiger partial charge >= 0.3 is 0 Å². The summed E-state index contributed by atoms with van der Waals surface area (Å²) in [6.45, 7) is 5.92. The van der Waals surface area contributed by atoms with Crippen LogP contribution in [0.1, 0.15) is 50.1 Å². The summed E-state index contributed by atoms with van der Waals surface area (Å²) in [5.41, 5.74) is 2.33. The van der Waals surface area contributed by atoms with Gasteiger partial charge in [-0.15, -0.1) is 0 Å². The Kier molecular flexibility index (Phi) is 6.97. The molecule has 41 heavy (non-hydrogen) atoms. The van der Waals surface area contributed by atoms with Gasteiger partial charge in [-0.2, -0.15) is 0 Å². The zero-order valence-electron chi connectivity index (χ0n) is 23.7. The van der Waals surface area contributed by atoms with E-state index >= 15 is 0 Å². The number of fused-ring (bicyclic) bond motifs is 1. The van der Waals surface area contributed by atoms with Crippen molar-refractivity contribution in [3.63, 3.8) is 0 Å². The minimum absolute atomic E-state index is 0.0479. The lowest BCUT2D eigenvalue weighted by atomic mass is 9.77. The normalized spacial score (nSPS) is 22.6. The number of nitrogens with zero attached hydrogens (tertiary/aromatic N) is 4. The van der Waals surface area contributed by atoms with Crippen LogP contribution in [0.3, 0.4) is 0 Å². The monoisotopic (exact) mass is 549 g/mol. The predicted molar refractivity (Wildman–Crippen MR) is 159 cm³/mol. The Labute approximate surface area is 240 Å². The van der Waals surface area contributed by atoms with E-state index in [4.69, 9.17) is 19.4 Å². The number of nitrogens with one attached hydrogen (secondary N) is 1. The maximum Gasteiger partial charge on any atom is 0.167 e. The molecule has 1 saturated heterocycles. The highest BCUT2D eigenvalue weighted by Crippen LogP contribution is 2.45. The first-order valence-electron chi connectivity index (χ1n) is 14.0. The molecule has 3 aromatic carbocycles. The van der Waals surface area contributed by atoms with Crippen molar-refractivity contribution in [1.29, 1.82) is 0 Å². The summed E-state index contributed by atoms with van der Waals surface area (Å²) >= 11 is 0. The van der Waals surface area contributed by atoms with Gasteiger partial charge in [-0.3, -0.25) is 4.57 Å². The molecular formula is C33H35N5O3. The molecule has 6 rings (SSSR count). The molecule has 1 aliphatic heterocycles. The second-order valence-corrected chi connectivity index (χ2v) is 10.8. The van der Waals surface area contributed by atoms with Crippen molar-refractivity contribution in [2.45, 2.75) is 50.7 Å². The van der Waals surface area contributed by atoms with E-state index in [2.05, 4.69) is 53.6 Å². The summed E-state index contributed by atoms with van der Waals surface area (Å²) in [7, 11) is 1.66. The predicted octanol–water partition coefficient (Wildman–Crippen LogP) is 5.93. The molecule has 4 atom stereocenters. The molecule has 0 aliphatic carbocycles. The topological polar surface area (TPSA) is 94.3 Å². The van der Waals surface area contributed by atoms with E-state index in [9.17, 15) is 5.11 Å². The van der Waals surface area contributed by atoms with Gasteiger partial charge in [0.1, 0.15) is 23.2 Å². The lowest BCUT2D eigenvalue weighted by molar-refractivity contribution is -0.0833. The number of rotatable bonds is 8. The van der Waals surface area contributed by atoms with Crippen LogP contribution < -0.4 is 10.1 Å². The Balaban J connectivity index is 1.53. The van der Waals surface area contributed by atoms with Crippen LogP contribution in [0.2, 0.25) is 0 Å². The van der Waals surface area contributed by atoms with Crippen LogP contribution in [-0.2, 0) is 10.3 Å². The largest absolute Gasteiger partial charge is 0.497 e. The van der Waals surface area contributed by atoms with Gasteiger partial charge in [0, 0.05) is 5.92 Å². The average molecular weight is 550 g/mol. The highest BCUT2D eigenvalue weighted by atomic mass is 16.5. The average Bonchev–Trinajstić information content (AvgIpc) is 3.54. The van der Waals surface area contributed by atoms with Crippen molar-refractivity contribution < 1.29 is 14.6 Å². The lowest BCUT2D eigenvalue weighted by Crippen LogP contribution is -2.38. The second-order valence-electron chi connectivity index (χ2n) is 10.8. The van der Waals surface area contributed by atoms with Crippen LogP contribution in [0.25, 0.3) is 11.2 Å². The quantitative estimate of drug-likeness (QED) is 0.232. The molecule has 1 fully saturated rings. The molecular weight excluding hydrogens is 514 g/mol. The third-order valence-electron chi connectivity index (χ3n) is 8.54. The van der Waals surface area contributed by atoms with Crippen LogP contribution in [0.4, 0.5) is 5.82 Å². The molecule has 0 bridgehead atoms. The fourth-order valence-electron chi connectivity index (χ4n) is 6.05. The molecule has 0 radical (unpaired) electrons. The summed E-state index contributed by atoms with van der Waals surface area (Å²) in [6, 6.07) is 28.7. The lowest BCUT2D eigenvalue weighted by Gasteiger charge is -2.37. The number of aromatic nitrogens is 4. The molecule has 0 amide bonds. The van der Waals surface area contributed by atoms with Crippen LogP contribution in [0.5, 0.6) is 5.75 Å². The second kappa shape index (κ2) is 10.6. The summed E-state index contributed by atoms with van der Waals surface area (Å²) in [6.07, 6.45) is 3.34. The minimum Gasteiger partial charge on any atom is -0.497 e. The molecule has 3 heterocycles. The molecule has 0 spiro atoms. The number of hydrogen-bond acceptors (Lipinski definition) is 7. The van der Waals surface area contributed by atoms with Crippen molar-refractivity contribution in [3.8, 4) is 5.75 Å². The van der Waals surface area contributed by atoms with Crippen molar-refractivity contribution in [2.75, 3.05) is 12.4 Å². The first-order valence-corrected chi connectivity index (χ1v) is 14.0. The SMILES string of the molecule is CC[C@H]1O[C@@H](n2cnc3c(NC(c4ccccc4)(c4ccccc4)c4ccc(OC)cc4)ncnc32)[C@](C)(O)[C@@H]1C. The molecule has 0 unspecified atom stereocenters. The first kappa shape index (κ1) is 26.9.